The molecule has 1 saturated heterocycles. The normalized spacial score (nSPS) is 24.3. The van der Waals surface area contributed by atoms with Crippen molar-refractivity contribution in [3.05, 3.63) is 59.7 Å². The molecule has 3 atom stereocenters. The number of alkyl halides is 3. The van der Waals surface area contributed by atoms with Crippen molar-refractivity contribution in [1.82, 2.24) is 4.90 Å². The zero-order chi connectivity index (χ0) is 22.0. The van der Waals surface area contributed by atoms with Crippen molar-refractivity contribution >= 4 is 11.6 Å². The van der Waals surface area contributed by atoms with E-state index in [9.17, 15) is 18.0 Å². The number of anilines is 1. The van der Waals surface area contributed by atoms with Gasteiger partial charge in [0.1, 0.15) is 5.75 Å². The second kappa shape index (κ2) is 8.91. The number of hydrogen-bond acceptors (Lipinski definition) is 3. The molecule has 0 aromatic heterocycles. The fourth-order valence-corrected chi connectivity index (χ4v) is 4.96. The first-order chi connectivity index (χ1) is 14.8. The quantitative estimate of drug-likeness (QED) is 0.634. The van der Waals surface area contributed by atoms with E-state index in [1.165, 1.54) is 49.6 Å². The van der Waals surface area contributed by atoms with Gasteiger partial charge in [0.15, 0.2) is 0 Å². The van der Waals surface area contributed by atoms with Gasteiger partial charge in [-0.05, 0) is 81.3 Å². The summed E-state index contributed by atoms with van der Waals surface area (Å²) in [4.78, 5) is 15.2. The summed E-state index contributed by atoms with van der Waals surface area (Å²) in [6.45, 7) is 3.51. The number of para-hydroxylation sites is 1. The van der Waals surface area contributed by atoms with Crippen LogP contribution in [0.4, 0.5) is 18.9 Å². The molecule has 0 radical (unpaired) electrons. The van der Waals surface area contributed by atoms with Crippen molar-refractivity contribution in [2.75, 3.05) is 11.9 Å². The molecule has 4 rings (SSSR count). The molecule has 2 aromatic carbocycles. The SMILES string of the molecule is CC1CCCN1C1CCC(c2ccc(NC(=O)c3ccccc3OC(F)(F)F)cc2)C1. The Morgan fingerprint density at radius 3 is 2.48 bits per heavy atom. The van der Waals surface area contributed by atoms with Crippen LogP contribution in [0.5, 0.6) is 5.75 Å². The van der Waals surface area contributed by atoms with Crippen LogP contribution in [0.3, 0.4) is 0 Å². The summed E-state index contributed by atoms with van der Waals surface area (Å²) in [5.74, 6) is -0.655. The molecule has 1 heterocycles. The van der Waals surface area contributed by atoms with Gasteiger partial charge in [-0.3, -0.25) is 9.69 Å². The number of rotatable bonds is 5. The molecule has 31 heavy (non-hydrogen) atoms. The number of carbonyl (C=O) groups is 1. The van der Waals surface area contributed by atoms with Crippen LogP contribution in [-0.2, 0) is 0 Å². The Bertz CT molecular complexity index is 914. The molecule has 3 unspecified atom stereocenters. The summed E-state index contributed by atoms with van der Waals surface area (Å²) in [6.07, 6.45) is 1.23. The summed E-state index contributed by atoms with van der Waals surface area (Å²) < 4.78 is 41.8. The molecule has 2 aromatic rings. The molecule has 4 nitrogen and oxygen atoms in total. The van der Waals surface area contributed by atoms with Crippen LogP contribution in [0.1, 0.15) is 60.9 Å². The molecule has 1 N–H and O–H groups in total. The summed E-state index contributed by atoms with van der Waals surface area (Å²) in [6, 6.07) is 14.3. The molecule has 7 heteroatoms. The Morgan fingerprint density at radius 1 is 1.06 bits per heavy atom. The van der Waals surface area contributed by atoms with E-state index in [0.717, 1.165) is 18.9 Å². The lowest BCUT2D eigenvalue weighted by molar-refractivity contribution is -0.274. The van der Waals surface area contributed by atoms with E-state index in [4.69, 9.17) is 0 Å². The van der Waals surface area contributed by atoms with Gasteiger partial charge >= 0.3 is 6.36 Å². The number of halogens is 3. The molecule has 2 aliphatic rings. The largest absolute Gasteiger partial charge is 0.573 e. The predicted molar refractivity (Wildman–Crippen MR) is 113 cm³/mol. The molecule has 1 aliphatic carbocycles. The topological polar surface area (TPSA) is 41.6 Å². The van der Waals surface area contributed by atoms with E-state index in [0.29, 0.717) is 23.7 Å². The van der Waals surface area contributed by atoms with Crippen molar-refractivity contribution in [2.24, 2.45) is 0 Å². The first-order valence-corrected chi connectivity index (χ1v) is 10.8. The maximum absolute atomic E-state index is 12.6. The van der Waals surface area contributed by atoms with Gasteiger partial charge in [-0.1, -0.05) is 24.3 Å². The van der Waals surface area contributed by atoms with Gasteiger partial charge in [0.05, 0.1) is 5.56 Å². The fourth-order valence-electron chi connectivity index (χ4n) is 4.96. The van der Waals surface area contributed by atoms with Crippen LogP contribution < -0.4 is 10.1 Å². The number of hydrogen-bond donors (Lipinski definition) is 1. The van der Waals surface area contributed by atoms with E-state index in [1.807, 2.05) is 24.3 Å². The number of nitrogens with zero attached hydrogens (tertiary/aromatic N) is 1. The standard InChI is InChI=1S/C24H27F3N2O2/c1-16-5-4-14-29(16)20-13-10-18(15-20)17-8-11-19(12-9-17)28-23(30)21-6-2-3-7-22(21)31-24(25,26)27/h2-3,6-9,11-12,16,18,20H,4-5,10,13-15H2,1H3,(H,28,30). The number of carbonyl (C=O) groups excluding carboxylic acids is 1. The molecule has 1 amide bonds. The third kappa shape index (κ3) is 5.21. The van der Waals surface area contributed by atoms with Crippen LogP contribution in [0.15, 0.2) is 48.5 Å². The van der Waals surface area contributed by atoms with Crippen LogP contribution in [0.25, 0.3) is 0 Å². The Labute approximate surface area is 180 Å². The zero-order valence-corrected chi connectivity index (χ0v) is 17.5. The summed E-state index contributed by atoms with van der Waals surface area (Å²) in [5, 5.41) is 2.67. The number of ether oxygens (including phenoxy) is 1. The second-order valence-corrected chi connectivity index (χ2v) is 8.51. The third-order valence-electron chi connectivity index (χ3n) is 6.48. The number of likely N-dealkylation sites (tertiary alicyclic amines) is 1. The molecule has 0 spiro atoms. The average molecular weight is 432 g/mol. The van der Waals surface area contributed by atoms with Gasteiger partial charge in [0, 0.05) is 17.8 Å². The second-order valence-electron chi connectivity index (χ2n) is 8.51. The van der Waals surface area contributed by atoms with E-state index in [2.05, 4.69) is 21.9 Å². The van der Waals surface area contributed by atoms with Gasteiger partial charge in [0.2, 0.25) is 0 Å². The molecule has 2 fully saturated rings. The summed E-state index contributed by atoms with van der Waals surface area (Å²) >= 11 is 0. The Morgan fingerprint density at radius 2 is 1.81 bits per heavy atom. The zero-order valence-electron chi connectivity index (χ0n) is 17.5. The first-order valence-electron chi connectivity index (χ1n) is 10.8. The van der Waals surface area contributed by atoms with E-state index in [1.54, 1.807) is 0 Å². The van der Waals surface area contributed by atoms with Crippen molar-refractivity contribution in [3.63, 3.8) is 0 Å². The van der Waals surface area contributed by atoms with E-state index < -0.39 is 18.0 Å². The number of amides is 1. The summed E-state index contributed by atoms with van der Waals surface area (Å²) in [5.41, 5.74) is 1.62. The molecular formula is C24H27F3N2O2. The minimum absolute atomic E-state index is 0.165. The van der Waals surface area contributed by atoms with Gasteiger partial charge < -0.3 is 10.1 Å². The van der Waals surface area contributed by atoms with Crippen LogP contribution >= 0.6 is 0 Å². The lowest BCUT2D eigenvalue weighted by Gasteiger charge is -2.28. The van der Waals surface area contributed by atoms with Crippen molar-refractivity contribution < 1.29 is 22.7 Å². The molecule has 1 aliphatic heterocycles. The Hall–Kier alpha value is -2.54. The maximum Gasteiger partial charge on any atom is 0.573 e. The van der Waals surface area contributed by atoms with Crippen LogP contribution in [0, 0.1) is 0 Å². The highest BCUT2D eigenvalue weighted by atomic mass is 19.4. The van der Waals surface area contributed by atoms with Gasteiger partial charge in [0.25, 0.3) is 5.91 Å². The number of nitrogens with one attached hydrogen (secondary N) is 1. The minimum atomic E-state index is -4.86. The highest BCUT2D eigenvalue weighted by Gasteiger charge is 2.34. The molecule has 1 saturated carbocycles. The Kier molecular flexibility index (Phi) is 6.23. The molecule has 166 valence electrons. The van der Waals surface area contributed by atoms with Crippen LogP contribution in [0.2, 0.25) is 0 Å². The van der Waals surface area contributed by atoms with Gasteiger partial charge in [-0.15, -0.1) is 13.2 Å². The van der Waals surface area contributed by atoms with Crippen molar-refractivity contribution in [1.29, 1.82) is 0 Å². The smallest absolute Gasteiger partial charge is 0.405 e. The Balaban J connectivity index is 1.39. The third-order valence-corrected chi connectivity index (χ3v) is 6.48. The van der Waals surface area contributed by atoms with E-state index >= 15 is 0 Å². The van der Waals surface area contributed by atoms with E-state index in [-0.39, 0.29) is 5.56 Å². The fraction of sp³-hybridized carbons (Fsp3) is 0.458. The molecular weight excluding hydrogens is 405 g/mol. The first kappa shape index (κ1) is 21.7. The lowest BCUT2D eigenvalue weighted by atomic mass is 9.97. The lowest BCUT2D eigenvalue weighted by Crippen LogP contribution is -2.35. The molecule has 0 bridgehead atoms. The van der Waals surface area contributed by atoms with Crippen molar-refractivity contribution in [2.45, 2.75) is 63.4 Å². The monoisotopic (exact) mass is 432 g/mol. The highest BCUT2D eigenvalue weighted by Crippen LogP contribution is 2.39. The highest BCUT2D eigenvalue weighted by molar-refractivity contribution is 6.06. The van der Waals surface area contributed by atoms with Gasteiger partial charge in [-0.25, -0.2) is 0 Å². The minimum Gasteiger partial charge on any atom is -0.405 e. The van der Waals surface area contributed by atoms with Crippen LogP contribution in [-0.4, -0.2) is 35.8 Å². The van der Waals surface area contributed by atoms with Crippen molar-refractivity contribution in [3.8, 4) is 5.75 Å². The number of benzene rings is 2. The maximum atomic E-state index is 12.6. The average Bonchev–Trinajstić information content (AvgIpc) is 3.36. The summed E-state index contributed by atoms with van der Waals surface area (Å²) in [7, 11) is 0. The van der Waals surface area contributed by atoms with Gasteiger partial charge in [-0.2, -0.15) is 0 Å². The predicted octanol–water partition coefficient (Wildman–Crippen LogP) is 5.96.